The molecule has 0 radical (unpaired) electrons. The van der Waals surface area contributed by atoms with E-state index in [9.17, 15) is 0 Å². The summed E-state index contributed by atoms with van der Waals surface area (Å²) in [6.07, 6.45) is 1.44. The SMILES string of the molecule is C1SN2CP12. The van der Waals surface area contributed by atoms with Gasteiger partial charge in [0.05, 0.1) is 0 Å². The van der Waals surface area contributed by atoms with Gasteiger partial charge in [-0.1, -0.05) is 11.9 Å². The molecule has 2 aliphatic rings. The molecule has 5 heavy (non-hydrogen) atoms. The maximum absolute atomic E-state index is 2.45. The minimum absolute atomic E-state index is 0.545. The predicted octanol–water partition coefficient (Wildman–Crippen LogP) is 1.28. The second-order valence-electron chi connectivity index (χ2n) is 1.26. The highest BCUT2D eigenvalue weighted by molar-refractivity contribution is 8.16. The van der Waals surface area contributed by atoms with Crippen LogP contribution in [-0.2, 0) is 0 Å². The van der Waals surface area contributed by atoms with Gasteiger partial charge < -0.3 is 0 Å². The first-order valence-electron chi connectivity index (χ1n) is 1.62. The van der Waals surface area contributed by atoms with Gasteiger partial charge >= 0.3 is 0 Å². The molecule has 2 saturated heterocycles. The van der Waals surface area contributed by atoms with Crippen LogP contribution in [0.2, 0.25) is 0 Å². The number of hydrogen-bond acceptors (Lipinski definition) is 2. The first-order chi connectivity index (χ1) is 2.47. The van der Waals surface area contributed by atoms with Gasteiger partial charge in [-0.3, -0.25) is 0 Å². The van der Waals surface area contributed by atoms with Crippen molar-refractivity contribution in [2.45, 2.75) is 0 Å². The molecule has 2 heterocycles. The second-order valence-corrected chi connectivity index (χ2v) is 5.04. The molecule has 2 fully saturated rings. The van der Waals surface area contributed by atoms with Crippen molar-refractivity contribution in [2.24, 2.45) is 0 Å². The summed E-state index contributed by atoms with van der Waals surface area (Å²) in [4.78, 5) is 0. The molecule has 0 spiro atoms. The predicted molar refractivity (Wildman–Crippen MR) is 26.1 cm³/mol. The third-order valence-corrected chi connectivity index (χ3v) is 5.24. The van der Waals surface area contributed by atoms with Crippen LogP contribution in [0.1, 0.15) is 0 Å². The summed E-state index contributed by atoms with van der Waals surface area (Å²) in [7, 11) is 0.545. The summed E-state index contributed by atoms with van der Waals surface area (Å²) in [6.45, 7) is 0. The molecule has 2 atom stereocenters. The van der Waals surface area contributed by atoms with E-state index < -0.39 is 0 Å². The Morgan fingerprint density at radius 1 is 1.80 bits per heavy atom. The van der Waals surface area contributed by atoms with Crippen LogP contribution in [0.3, 0.4) is 0 Å². The molecular formula is C2H4NPS. The fourth-order valence-corrected chi connectivity index (χ4v) is 3.73. The minimum Gasteiger partial charge on any atom is -0.221 e. The Morgan fingerprint density at radius 2 is 2.60 bits per heavy atom. The quantitative estimate of drug-likeness (QED) is 0.259. The summed E-state index contributed by atoms with van der Waals surface area (Å²) in [6, 6.07) is 0. The Balaban J connectivity index is 2.19. The van der Waals surface area contributed by atoms with Crippen LogP contribution in [0.15, 0.2) is 0 Å². The monoisotopic (exact) mass is 105 g/mol. The number of nitrogens with zero attached hydrogens (tertiary/aromatic N) is 1. The van der Waals surface area contributed by atoms with Gasteiger partial charge in [-0.15, -0.1) is 0 Å². The van der Waals surface area contributed by atoms with E-state index in [0.29, 0.717) is 8.07 Å². The van der Waals surface area contributed by atoms with E-state index in [1.807, 2.05) is 11.9 Å². The minimum atomic E-state index is 0.545. The lowest BCUT2D eigenvalue weighted by Gasteiger charge is -2.07. The number of fused-ring (bicyclic) bond motifs is 1. The zero-order valence-corrected chi connectivity index (χ0v) is 4.43. The van der Waals surface area contributed by atoms with Gasteiger partial charge in [-0.2, -0.15) is 0 Å². The van der Waals surface area contributed by atoms with Crippen molar-refractivity contribution in [1.29, 1.82) is 0 Å². The highest BCUT2D eigenvalue weighted by Gasteiger charge is 2.43. The van der Waals surface area contributed by atoms with Crippen LogP contribution in [0.5, 0.6) is 0 Å². The molecule has 0 bridgehead atoms. The average Bonchev–Trinajstić information content (AvgIpc) is 1.74. The fourth-order valence-electron chi connectivity index (χ4n) is 0.414. The largest absolute Gasteiger partial charge is 0.221 e. The zero-order chi connectivity index (χ0) is 3.28. The van der Waals surface area contributed by atoms with Crippen molar-refractivity contribution >= 4 is 20.0 Å². The van der Waals surface area contributed by atoms with Crippen LogP contribution in [0, 0.1) is 0 Å². The standard InChI is InChI=1S/C2H4NPS/c1-3-4(1)2-5-3/h1-2H2. The molecule has 0 saturated carbocycles. The molecular weight excluding hydrogens is 101 g/mol. The summed E-state index contributed by atoms with van der Waals surface area (Å²) >= 11 is 2.00. The van der Waals surface area contributed by atoms with Crippen molar-refractivity contribution in [3.05, 3.63) is 0 Å². The van der Waals surface area contributed by atoms with Gasteiger partial charge in [0, 0.05) is 19.9 Å². The molecule has 0 aromatic heterocycles. The molecule has 0 aromatic carbocycles. The molecule has 3 heteroatoms. The van der Waals surface area contributed by atoms with E-state index in [4.69, 9.17) is 0 Å². The Kier molecular flexibility index (Phi) is 0.397. The molecule has 2 aliphatic heterocycles. The molecule has 28 valence electrons. The Labute approximate surface area is 36.7 Å². The molecule has 0 amide bonds. The lowest BCUT2D eigenvalue weighted by molar-refractivity contribution is 1.03. The molecule has 1 nitrogen and oxygen atoms in total. The summed E-state index contributed by atoms with van der Waals surface area (Å²) in [5.74, 6) is 0. The topological polar surface area (TPSA) is 3.01 Å². The van der Waals surface area contributed by atoms with Crippen molar-refractivity contribution in [3.63, 3.8) is 0 Å². The third kappa shape index (κ3) is 0.258. The molecule has 2 rings (SSSR count). The maximum Gasteiger partial charge on any atom is 0.0483 e. The van der Waals surface area contributed by atoms with E-state index in [-0.39, 0.29) is 0 Å². The van der Waals surface area contributed by atoms with Gasteiger partial charge in [-0.25, -0.2) is 4.08 Å². The lowest BCUT2D eigenvalue weighted by Crippen LogP contribution is -1.85. The fraction of sp³-hybridized carbons (Fsp3) is 1.00. The van der Waals surface area contributed by atoms with Crippen LogP contribution < -0.4 is 0 Å². The van der Waals surface area contributed by atoms with Crippen molar-refractivity contribution < 1.29 is 0 Å². The number of rotatable bonds is 0. The van der Waals surface area contributed by atoms with E-state index in [2.05, 4.69) is 4.08 Å². The van der Waals surface area contributed by atoms with Gasteiger partial charge in [0.15, 0.2) is 0 Å². The highest BCUT2D eigenvalue weighted by Crippen LogP contribution is 2.73. The van der Waals surface area contributed by atoms with E-state index in [0.717, 1.165) is 0 Å². The number of hydrogen-bond donors (Lipinski definition) is 0. The maximum atomic E-state index is 2.45. The smallest absolute Gasteiger partial charge is 0.0483 e. The lowest BCUT2D eigenvalue weighted by atomic mass is 11.6. The van der Waals surface area contributed by atoms with Gasteiger partial charge in [-0.05, 0) is 0 Å². The van der Waals surface area contributed by atoms with Gasteiger partial charge in [0.1, 0.15) is 0 Å². The Hall–Kier alpha value is 0.740. The van der Waals surface area contributed by atoms with Crippen LogP contribution in [0.4, 0.5) is 0 Å². The van der Waals surface area contributed by atoms with Crippen molar-refractivity contribution in [2.75, 3.05) is 11.8 Å². The third-order valence-electron chi connectivity index (χ3n) is 0.870. The Bertz CT molecular complexity index is 54.7. The average molecular weight is 105 g/mol. The second kappa shape index (κ2) is 0.699. The van der Waals surface area contributed by atoms with E-state index in [1.165, 1.54) is 11.8 Å². The summed E-state index contributed by atoms with van der Waals surface area (Å²) in [5.41, 5.74) is 1.47. The Morgan fingerprint density at radius 3 is 2.60 bits per heavy atom. The van der Waals surface area contributed by atoms with Crippen LogP contribution in [0.25, 0.3) is 0 Å². The first kappa shape index (κ1) is 2.84. The first-order valence-corrected chi connectivity index (χ1v) is 4.23. The van der Waals surface area contributed by atoms with E-state index in [1.54, 1.807) is 0 Å². The highest BCUT2D eigenvalue weighted by atomic mass is 32.2. The van der Waals surface area contributed by atoms with Gasteiger partial charge in [0.2, 0.25) is 0 Å². The van der Waals surface area contributed by atoms with Crippen molar-refractivity contribution in [3.8, 4) is 0 Å². The summed E-state index contributed by atoms with van der Waals surface area (Å²) in [5, 5.41) is 0. The molecule has 0 N–H and O–H groups in total. The zero-order valence-electron chi connectivity index (χ0n) is 2.72. The molecule has 0 aliphatic carbocycles. The molecule has 2 unspecified atom stereocenters. The van der Waals surface area contributed by atoms with Gasteiger partial charge in [0.25, 0.3) is 0 Å². The molecule has 0 aromatic rings. The van der Waals surface area contributed by atoms with E-state index >= 15 is 0 Å². The van der Waals surface area contributed by atoms with Crippen LogP contribution >= 0.6 is 20.0 Å². The van der Waals surface area contributed by atoms with Crippen molar-refractivity contribution in [1.82, 2.24) is 4.08 Å². The van der Waals surface area contributed by atoms with Crippen LogP contribution in [-0.4, -0.2) is 15.9 Å². The summed E-state index contributed by atoms with van der Waals surface area (Å²) < 4.78 is 2.45. The normalized spacial score (nSPS) is 57.6.